The fourth-order valence-electron chi connectivity index (χ4n) is 3.90. The van der Waals surface area contributed by atoms with Gasteiger partial charge in [0.25, 0.3) is 5.91 Å². The molecule has 2 aliphatic heterocycles. The summed E-state index contributed by atoms with van der Waals surface area (Å²) in [5.74, 6) is -0.505. The highest BCUT2D eigenvalue weighted by Gasteiger charge is 2.38. The van der Waals surface area contributed by atoms with E-state index in [1.807, 2.05) is 27.7 Å². The molecule has 1 saturated heterocycles. The van der Waals surface area contributed by atoms with Crippen molar-refractivity contribution in [2.75, 3.05) is 43.5 Å². The number of carbonyl (C=O) groups excluding carboxylic acids is 2. The van der Waals surface area contributed by atoms with E-state index >= 15 is 0 Å². The van der Waals surface area contributed by atoms with Crippen LogP contribution >= 0.6 is 22.9 Å². The van der Waals surface area contributed by atoms with Crippen molar-refractivity contribution < 1.29 is 18.8 Å². The smallest absolute Gasteiger partial charge is 0.324 e. The topological polar surface area (TPSA) is 93.5 Å². The number of amides is 3. The highest BCUT2D eigenvalue weighted by atomic mass is 35.5. The third-order valence-electron chi connectivity index (χ3n) is 5.40. The third kappa shape index (κ3) is 6.22. The van der Waals surface area contributed by atoms with E-state index in [2.05, 4.69) is 10.6 Å². The second-order valence-corrected chi connectivity index (χ2v) is 8.73. The Kier molecular flexibility index (Phi) is 9.96. The summed E-state index contributed by atoms with van der Waals surface area (Å²) in [5.41, 5.74) is 7.69. The summed E-state index contributed by atoms with van der Waals surface area (Å²) in [6.45, 7) is 13.3. The van der Waals surface area contributed by atoms with Crippen LogP contribution in [0.4, 0.5) is 15.5 Å². The number of rotatable bonds is 3. The lowest BCUT2D eigenvalue weighted by atomic mass is 10.00. The van der Waals surface area contributed by atoms with Crippen molar-refractivity contribution in [2.45, 2.75) is 40.7 Å². The summed E-state index contributed by atoms with van der Waals surface area (Å²) in [5, 5.41) is 6.66. The molecule has 9 heteroatoms. The molecular formula is C23H34ClN4O3S+. The van der Waals surface area contributed by atoms with Gasteiger partial charge in [0.15, 0.2) is 0 Å². The molecule has 1 aromatic carbocycles. The summed E-state index contributed by atoms with van der Waals surface area (Å²) in [7, 11) is 0. The molecule has 0 bridgehead atoms. The number of nitrogens with one attached hydrogen (secondary N) is 2. The van der Waals surface area contributed by atoms with Crippen LogP contribution in [-0.2, 0) is 17.7 Å². The van der Waals surface area contributed by atoms with Gasteiger partial charge in [-0.05, 0) is 29.8 Å². The minimum atomic E-state index is -0.505. The maximum atomic E-state index is 12.4. The number of quaternary nitrogens is 1. The molecule has 3 amide bonds. The summed E-state index contributed by atoms with van der Waals surface area (Å²) < 4.78 is 6.48. The third-order valence-corrected chi connectivity index (χ3v) is 6.79. The Balaban J connectivity index is 0.000000860. The highest BCUT2D eigenvalue weighted by Crippen LogP contribution is 2.39. The number of carbonyl (C=O) groups is 2. The predicted molar refractivity (Wildman–Crippen MR) is 133 cm³/mol. The Morgan fingerprint density at radius 3 is 2.25 bits per heavy atom. The lowest BCUT2D eigenvalue weighted by Gasteiger charge is -2.43. The molecule has 3 heterocycles. The van der Waals surface area contributed by atoms with Crippen LogP contribution in [-0.4, -0.2) is 49.3 Å². The molecule has 0 unspecified atom stereocenters. The van der Waals surface area contributed by atoms with Gasteiger partial charge in [0.1, 0.15) is 24.6 Å². The zero-order valence-corrected chi connectivity index (χ0v) is 20.9. The first kappa shape index (κ1) is 26.1. The van der Waals surface area contributed by atoms with Gasteiger partial charge in [0, 0.05) is 17.1 Å². The fourth-order valence-corrected chi connectivity index (χ4v) is 5.40. The number of primary amides is 1. The molecule has 1 spiro atoms. The summed E-state index contributed by atoms with van der Waals surface area (Å²) in [4.78, 5) is 25.7. The standard InChI is InChI=1S/C19H21ClN4O3S.2C2H6/c20-12-1-3-13(4-2-12)22-19(26)23-18-16(17(21)25)14-5-6-24(11-15(14)28-18)7-9-27-10-8-24;2*1-2/h1-4H,5-11H2,(H3-,21,22,23,25,26);2*1-2H3/p+1. The van der Waals surface area contributed by atoms with Gasteiger partial charge in [-0.2, -0.15) is 0 Å². The minimum absolute atomic E-state index is 0.418. The summed E-state index contributed by atoms with van der Waals surface area (Å²) >= 11 is 7.31. The van der Waals surface area contributed by atoms with Crippen molar-refractivity contribution in [3.63, 3.8) is 0 Å². The molecule has 1 aromatic heterocycles. The maximum absolute atomic E-state index is 12.4. The number of ether oxygens (including phenoxy) is 1. The molecule has 0 saturated carbocycles. The molecule has 0 aliphatic carbocycles. The second kappa shape index (κ2) is 12.2. The number of benzene rings is 1. The maximum Gasteiger partial charge on any atom is 0.324 e. The number of hydrogen-bond donors (Lipinski definition) is 3. The van der Waals surface area contributed by atoms with Gasteiger partial charge >= 0.3 is 6.03 Å². The molecule has 2 aromatic rings. The predicted octanol–water partition coefficient (Wildman–Crippen LogP) is 5.10. The molecule has 1 fully saturated rings. The van der Waals surface area contributed by atoms with Gasteiger partial charge in [0.05, 0.1) is 30.2 Å². The Labute approximate surface area is 199 Å². The average molecular weight is 482 g/mol. The molecule has 4 N–H and O–H groups in total. The van der Waals surface area contributed by atoms with E-state index in [9.17, 15) is 9.59 Å². The average Bonchev–Trinajstić information content (AvgIpc) is 3.15. The molecular weight excluding hydrogens is 448 g/mol. The van der Waals surface area contributed by atoms with E-state index in [0.29, 0.717) is 21.3 Å². The molecule has 2 aliphatic rings. The number of anilines is 2. The van der Waals surface area contributed by atoms with E-state index in [4.69, 9.17) is 22.1 Å². The number of fused-ring (bicyclic) bond motifs is 1. The van der Waals surface area contributed by atoms with E-state index in [-0.39, 0.29) is 0 Å². The van der Waals surface area contributed by atoms with Crippen LogP contribution in [0.25, 0.3) is 0 Å². The van der Waals surface area contributed by atoms with E-state index in [1.165, 1.54) is 11.3 Å². The monoisotopic (exact) mass is 481 g/mol. The number of hydrogen-bond acceptors (Lipinski definition) is 4. The normalized spacial score (nSPS) is 15.9. The number of urea groups is 1. The molecule has 176 valence electrons. The molecule has 0 radical (unpaired) electrons. The van der Waals surface area contributed by atoms with Gasteiger partial charge in [-0.1, -0.05) is 39.3 Å². The Morgan fingerprint density at radius 2 is 1.66 bits per heavy atom. The van der Waals surface area contributed by atoms with Crippen LogP contribution < -0.4 is 16.4 Å². The van der Waals surface area contributed by atoms with Gasteiger partial charge in [-0.3, -0.25) is 10.1 Å². The van der Waals surface area contributed by atoms with Crippen molar-refractivity contribution in [1.82, 2.24) is 0 Å². The summed E-state index contributed by atoms with van der Waals surface area (Å²) in [6.07, 6.45) is 0.782. The van der Waals surface area contributed by atoms with Gasteiger partial charge in [-0.25, -0.2) is 4.79 Å². The van der Waals surface area contributed by atoms with Crippen molar-refractivity contribution in [1.29, 1.82) is 0 Å². The molecule has 4 rings (SSSR count). The highest BCUT2D eigenvalue weighted by molar-refractivity contribution is 7.17. The van der Waals surface area contributed by atoms with E-state index in [0.717, 1.165) is 60.7 Å². The van der Waals surface area contributed by atoms with Gasteiger partial charge in [-0.15, -0.1) is 11.3 Å². The first-order chi connectivity index (χ1) is 15.5. The fraction of sp³-hybridized carbons (Fsp3) is 0.478. The Hall–Kier alpha value is -2.13. The van der Waals surface area contributed by atoms with E-state index in [1.54, 1.807) is 24.3 Å². The molecule has 32 heavy (non-hydrogen) atoms. The lowest BCUT2D eigenvalue weighted by molar-refractivity contribution is -0.949. The first-order valence-corrected chi connectivity index (χ1v) is 12.4. The molecule has 7 nitrogen and oxygen atoms in total. The largest absolute Gasteiger partial charge is 0.370 e. The van der Waals surface area contributed by atoms with Gasteiger partial charge < -0.3 is 20.3 Å². The van der Waals surface area contributed by atoms with Crippen LogP contribution in [0, 0.1) is 0 Å². The van der Waals surface area contributed by atoms with Crippen LogP contribution in [0.1, 0.15) is 48.5 Å². The number of thiophene rings is 1. The van der Waals surface area contributed by atoms with Gasteiger partial charge in [0.2, 0.25) is 0 Å². The van der Waals surface area contributed by atoms with Crippen LogP contribution in [0.3, 0.4) is 0 Å². The zero-order valence-electron chi connectivity index (χ0n) is 19.3. The Morgan fingerprint density at radius 1 is 1.03 bits per heavy atom. The number of nitrogens with two attached hydrogens (primary N) is 1. The number of halogens is 1. The van der Waals surface area contributed by atoms with Crippen LogP contribution in [0.2, 0.25) is 5.02 Å². The van der Waals surface area contributed by atoms with Crippen molar-refractivity contribution in [3.8, 4) is 0 Å². The Bertz CT molecular complexity index is 909. The lowest BCUT2D eigenvalue weighted by Crippen LogP contribution is -2.56. The van der Waals surface area contributed by atoms with Crippen LogP contribution in [0.15, 0.2) is 24.3 Å². The quantitative estimate of drug-likeness (QED) is 0.532. The summed E-state index contributed by atoms with van der Waals surface area (Å²) in [6, 6.07) is 6.40. The second-order valence-electron chi connectivity index (χ2n) is 7.19. The van der Waals surface area contributed by atoms with Crippen molar-refractivity contribution >= 4 is 45.6 Å². The van der Waals surface area contributed by atoms with Crippen molar-refractivity contribution in [2.24, 2.45) is 5.73 Å². The molecule has 0 atom stereocenters. The number of morpholine rings is 1. The SMILES string of the molecule is CC.CC.NC(=O)c1c(NC(=O)Nc2ccc(Cl)cc2)sc2c1CC[N+]1(CCOCC1)C2. The zero-order chi connectivity index (χ0) is 23.7. The van der Waals surface area contributed by atoms with Crippen LogP contribution in [0.5, 0.6) is 0 Å². The minimum Gasteiger partial charge on any atom is -0.370 e. The van der Waals surface area contributed by atoms with E-state index < -0.39 is 11.9 Å². The van der Waals surface area contributed by atoms with Crippen molar-refractivity contribution in [3.05, 3.63) is 45.3 Å². The first-order valence-electron chi connectivity index (χ1n) is 11.2. The number of nitrogens with zero attached hydrogens (tertiary/aromatic N) is 1.